The van der Waals surface area contributed by atoms with E-state index < -0.39 is 0 Å². The molecule has 1 aliphatic rings. The fourth-order valence-electron chi connectivity index (χ4n) is 3.24. The Morgan fingerprint density at radius 1 is 1.19 bits per heavy atom. The molecule has 21 heavy (non-hydrogen) atoms. The molecular formula is C18H27ClFN. The quantitative estimate of drug-likeness (QED) is 0.804. The molecule has 2 rings (SSSR count). The van der Waals surface area contributed by atoms with E-state index in [-0.39, 0.29) is 11.4 Å². The van der Waals surface area contributed by atoms with Crippen molar-refractivity contribution in [2.45, 2.75) is 58.4 Å². The minimum Gasteiger partial charge on any atom is -0.312 e. The first kappa shape index (κ1) is 16.8. The van der Waals surface area contributed by atoms with E-state index in [9.17, 15) is 4.39 Å². The molecule has 0 amide bonds. The Balaban J connectivity index is 2.03. The van der Waals surface area contributed by atoms with Crippen LogP contribution in [-0.4, -0.2) is 12.1 Å². The molecule has 118 valence electrons. The molecule has 0 heterocycles. The molecule has 1 nitrogen and oxygen atoms in total. The van der Waals surface area contributed by atoms with Crippen molar-refractivity contribution in [1.29, 1.82) is 0 Å². The van der Waals surface area contributed by atoms with Gasteiger partial charge in [-0.3, -0.25) is 0 Å². The van der Waals surface area contributed by atoms with E-state index in [1.165, 1.54) is 31.7 Å². The number of nitrogens with one attached hydrogen (secondary N) is 1. The fraction of sp³-hybridized carbons (Fsp3) is 0.667. The number of benzene rings is 1. The molecule has 3 heteroatoms. The van der Waals surface area contributed by atoms with Crippen molar-refractivity contribution < 1.29 is 4.39 Å². The molecule has 1 aromatic rings. The van der Waals surface area contributed by atoms with Gasteiger partial charge in [-0.05, 0) is 82.2 Å². The van der Waals surface area contributed by atoms with Crippen LogP contribution in [0.2, 0.25) is 5.02 Å². The number of halogens is 2. The molecule has 0 aliphatic heterocycles. The Labute approximate surface area is 133 Å². The molecule has 0 aromatic heterocycles. The lowest BCUT2D eigenvalue weighted by atomic mass is 9.76. The lowest BCUT2D eigenvalue weighted by Gasteiger charge is -2.34. The Morgan fingerprint density at radius 2 is 1.86 bits per heavy atom. The van der Waals surface area contributed by atoms with Crippen LogP contribution < -0.4 is 5.32 Å². The fourth-order valence-corrected chi connectivity index (χ4v) is 3.44. The largest absolute Gasteiger partial charge is 0.312 e. The van der Waals surface area contributed by atoms with Crippen molar-refractivity contribution in [3.63, 3.8) is 0 Å². The van der Waals surface area contributed by atoms with Gasteiger partial charge < -0.3 is 5.32 Å². The highest BCUT2D eigenvalue weighted by Gasteiger charge is 2.27. The first-order valence-electron chi connectivity index (χ1n) is 8.04. The maximum absolute atomic E-state index is 13.4. The van der Waals surface area contributed by atoms with Crippen molar-refractivity contribution in [3.05, 3.63) is 34.6 Å². The molecule has 1 aliphatic carbocycles. The van der Waals surface area contributed by atoms with Gasteiger partial charge in [0.15, 0.2) is 0 Å². The molecule has 0 bridgehead atoms. The Kier molecular flexibility index (Phi) is 5.67. The van der Waals surface area contributed by atoms with Crippen molar-refractivity contribution in [2.75, 3.05) is 6.54 Å². The van der Waals surface area contributed by atoms with Crippen LogP contribution in [0, 0.1) is 17.7 Å². The minimum atomic E-state index is -0.186. The van der Waals surface area contributed by atoms with Gasteiger partial charge in [-0.15, -0.1) is 0 Å². The predicted molar refractivity (Wildman–Crippen MR) is 88.3 cm³/mol. The monoisotopic (exact) mass is 311 g/mol. The van der Waals surface area contributed by atoms with Crippen LogP contribution in [0.3, 0.4) is 0 Å². The van der Waals surface area contributed by atoms with Crippen molar-refractivity contribution in [3.8, 4) is 0 Å². The van der Waals surface area contributed by atoms with Gasteiger partial charge in [0.05, 0.1) is 0 Å². The second-order valence-corrected chi connectivity index (χ2v) is 7.78. The summed E-state index contributed by atoms with van der Waals surface area (Å²) in [7, 11) is 0. The molecule has 0 spiro atoms. The van der Waals surface area contributed by atoms with Crippen LogP contribution in [0.5, 0.6) is 0 Å². The van der Waals surface area contributed by atoms with Crippen LogP contribution in [0.4, 0.5) is 4.39 Å². The van der Waals surface area contributed by atoms with Crippen LogP contribution in [0.15, 0.2) is 18.2 Å². The van der Waals surface area contributed by atoms with Gasteiger partial charge in [0.25, 0.3) is 0 Å². The summed E-state index contributed by atoms with van der Waals surface area (Å²) in [5.41, 5.74) is 1.11. The summed E-state index contributed by atoms with van der Waals surface area (Å²) in [6.07, 6.45) is 5.98. The Bertz CT molecular complexity index is 467. The van der Waals surface area contributed by atoms with Crippen molar-refractivity contribution in [1.82, 2.24) is 5.32 Å². The summed E-state index contributed by atoms with van der Waals surface area (Å²) in [5, 5.41) is 4.32. The van der Waals surface area contributed by atoms with Crippen LogP contribution in [-0.2, 0) is 6.42 Å². The summed E-state index contributed by atoms with van der Waals surface area (Å²) >= 11 is 6.23. The van der Waals surface area contributed by atoms with E-state index in [0.717, 1.165) is 18.5 Å². The highest BCUT2D eigenvalue weighted by Crippen LogP contribution is 2.34. The highest BCUT2D eigenvalue weighted by molar-refractivity contribution is 6.31. The summed E-state index contributed by atoms with van der Waals surface area (Å²) < 4.78 is 13.4. The van der Waals surface area contributed by atoms with Gasteiger partial charge >= 0.3 is 0 Å². The second kappa shape index (κ2) is 7.11. The second-order valence-electron chi connectivity index (χ2n) is 7.38. The normalized spacial score (nSPS) is 23.3. The maximum atomic E-state index is 13.4. The van der Waals surface area contributed by atoms with Crippen molar-refractivity contribution >= 4 is 11.6 Å². The molecule has 1 N–H and O–H groups in total. The summed E-state index contributed by atoms with van der Waals surface area (Å²) in [6.45, 7) is 7.65. The third-order valence-electron chi connectivity index (χ3n) is 4.45. The van der Waals surface area contributed by atoms with Gasteiger partial charge in [0.2, 0.25) is 0 Å². The van der Waals surface area contributed by atoms with E-state index >= 15 is 0 Å². The third kappa shape index (κ3) is 5.27. The van der Waals surface area contributed by atoms with Crippen LogP contribution in [0.1, 0.15) is 52.0 Å². The smallest absolute Gasteiger partial charge is 0.123 e. The van der Waals surface area contributed by atoms with E-state index in [1.54, 1.807) is 12.1 Å². The van der Waals surface area contributed by atoms with Gasteiger partial charge in [-0.25, -0.2) is 4.39 Å². The highest BCUT2D eigenvalue weighted by atomic mass is 35.5. The molecule has 0 radical (unpaired) electrons. The van der Waals surface area contributed by atoms with Crippen molar-refractivity contribution in [2.24, 2.45) is 11.8 Å². The SMILES string of the molecule is CC(C)(C)NCC1CCCCC1Cc1cc(F)ccc1Cl. The summed E-state index contributed by atoms with van der Waals surface area (Å²) in [5.74, 6) is 1.08. The average molecular weight is 312 g/mol. The standard InChI is InChI=1S/C18H27ClFN/c1-18(2,3)21-12-14-7-5-4-6-13(14)10-15-11-16(20)8-9-17(15)19/h8-9,11,13-14,21H,4-7,10,12H2,1-3H3. The maximum Gasteiger partial charge on any atom is 0.123 e. The van der Waals surface area contributed by atoms with E-state index in [0.29, 0.717) is 16.9 Å². The molecule has 2 unspecified atom stereocenters. The topological polar surface area (TPSA) is 12.0 Å². The molecule has 1 aromatic carbocycles. The zero-order valence-corrected chi connectivity index (χ0v) is 14.1. The average Bonchev–Trinajstić information content (AvgIpc) is 2.41. The van der Waals surface area contributed by atoms with E-state index in [1.807, 2.05) is 0 Å². The molecule has 1 fully saturated rings. The predicted octanol–water partition coefficient (Wildman–Crippen LogP) is 5.22. The Morgan fingerprint density at radius 3 is 2.52 bits per heavy atom. The van der Waals surface area contributed by atoms with Gasteiger partial charge in [0, 0.05) is 10.6 Å². The number of hydrogen-bond acceptors (Lipinski definition) is 1. The van der Waals surface area contributed by atoms with Crippen LogP contribution >= 0.6 is 11.6 Å². The lowest BCUT2D eigenvalue weighted by molar-refractivity contribution is 0.213. The minimum absolute atomic E-state index is 0.151. The number of rotatable bonds is 4. The molecule has 1 saturated carbocycles. The zero-order valence-electron chi connectivity index (χ0n) is 13.4. The lowest BCUT2D eigenvalue weighted by Crippen LogP contribution is -2.41. The van der Waals surface area contributed by atoms with Gasteiger partial charge in [-0.1, -0.05) is 24.4 Å². The third-order valence-corrected chi connectivity index (χ3v) is 4.82. The van der Waals surface area contributed by atoms with E-state index in [4.69, 9.17) is 11.6 Å². The molecule has 2 atom stereocenters. The first-order chi connectivity index (χ1) is 9.85. The van der Waals surface area contributed by atoms with E-state index in [2.05, 4.69) is 26.1 Å². The first-order valence-corrected chi connectivity index (χ1v) is 8.42. The van der Waals surface area contributed by atoms with Crippen LogP contribution in [0.25, 0.3) is 0 Å². The molecular weight excluding hydrogens is 285 g/mol. The van der Waals surface area contributed by atoms with Gasteiger partial charge in [-0.2, -0.15) is 0 Å². The summed E-state index contributed by atoms with van der Waals surface area (Å²) in [4.78, 5) is 0. The molecule has 0 saturated heterocycles. The summed E-state index contributed by atoms with van der Waals surface area (Å²) in [6, 6.07) is 4.72. The number of hydrogen-bond donors (Lipinski definition) is 1. The zero-order chi connectivity index (χ0) is 15.5. The Hall–Kier alpha value is -0.600. The van der Waals surface area contributed by atoms with Gasteiger partial charge in [0.1, 0.15) is 5.82 Å².